The van der Waals surface area contributed by atoms with Gasteiger partial charge in [-0.3, -0.25) is 9.69 Å². The van der Waals surface area contributed by atoms with Crippen molar-refractivity contribution < 1.29 is 23.1 Å². The smallest absolute Gasteiger partial charge is 0.411 e. The van der Waals surface area contributed by atoms with Crippen molar-refractivity contribution in [3.8, 4) is 0 Å². The quantitative estimate of drug-likeness (QED) is 0.647. The third kappa shape index (κ3) is 4.03. The standard InChI is InChI=1S/C16H17ClF2N2O3/c1-16(2,3)24-15(23)21-8-4-5-11(21)14(22)20-10-7-6-9(18)12(17)13(10)19/h4-7,11H,8H2,1-3H3,(H,20,22). The second kappa shape index (κ2) is 6.76. The summed E-state index contributed by atoms with van der Waals surface area (Å²) in [5.41, 5.74) is -0.979. The molecule has 0 bridgehead atoms. The lowest BCUT2D eigenvalue weighted by Gasteiger charge is -2.28. The molecule has 1 aliphatic heterocycles. The van der Waals surface area contributed by atoms with Crippen molar-refractivity contribution in [1.82, 2.24) is 4.90 Å². The SMILES string of the molecule is CC(C)(C)OC(=O)N1CC=CC1C(=O)Nc1ccc(F)c(Cl)c1F. The summed E-state index contributed by atoms with van der Waals surface area (Å²) in [5.74, 6) is -2.66. The molecule has 1 heterocycles. The van der Waals surface area contributed by atoms with E-state index in [1.54, 1.807) is 26.8 Å². The van der Waals surface area contributed by atoms with Crippen LogP contribution >= 0.6 is 11.6 Å². The molecule has 1 aromatic carbocycles. The van der Waals surface area contributed by atoms with Gasteiger partial charge in [-0.05, 0) is 32.9 Å². The van der Waals surface area contributed by atoms with Gasteiger partial charge < -0.3 is 10.1 Å². The number of ether oxygens (including phenoxy) is 1. The molecule has 8 heteroatoms. The first-order valence-electron chi connectivity index (χ1n) is 7.21. The van der Waals surface area contributed by atoms with Gasteiger partial charge in [0.2, 0.25) is 0 Å². The van der Waals surface area contributed by atoms with E-state index in [1.165, 1.54) is 11.0 Å². The predicted octanol–water partition coefficient (Wildman–Crippen LogP) is 3.73. The Kier molecular flexibility index (Phi) is 5.13. The molecule has 0 fully saturated rings. The molecule has 130 valence electrons. The van der Waals surface area contributed by atoms with Crippen molar-refractivity contribution >= 4 is 29.3 Å². The highest BCUT2D eigenvalue weighted by Gasteiger charge is 2.34. The van der Waals surface area contributed by atoms with E-state index in [1.807, 2.05) is 0 Å². The molecule has 1 unspecified atom stereocenters. The van der Waals surface area contributed by atoms with E-state index < -0.39 is 40.3 Å². The van der Waals surface area contributed by atoms with Crippen molar-refractivity contribution in [3.05, 3.63) is 40.9 Å². The van der Waals surface area contributed by atoms with Crippen LogP contribution in [-0.2, 0) is 9.53 Å². The first kappa shape index (κ1) is 18.2. The second-order valence-corrected chi connectivity index (χ2v) is 6.60. The zero-order valence-corrected chi connectivity index (χ0v) is 14.2. The lowest BCUT2D eigenvalue weighted by molar-refractivity contribution is -0.119. The fourth-order valence-corrected chi connectivity index (χ4v) is 2.25. The molecule has 0 spiro atoms. The van der Waals surface area contributed by atoms with E-state index in [0.29, 0.717) is 0 Å². The molecule has 2 amide bonds. The summed E-state index contributed by atoms with van der Waals surface area (Å²) in [6.07, 6.45) is 2.47. The Morgan fingerprint density at radius 2 is 2.00 bits per heavy atom. The average molecular weight is 359 g/mol. The Bertz CT molecular complexity index is 701. The molecule has 1 aromatic rings. The van der Waals surface area contributed by atoms with Crippen LogP contribution in [0.15, 0.2) is 24.3 Å². The number of halogens is 3. The van der Waals surface area contributed by atoms with Crippen LogP contribution in [0.3, 0.4) is 0 Å². The van der Waals surface area contributed by atoms with Crippen LogP contribution in [0.25, 0.3) is 0 Å². The van der Waals surface area contributed by atoms with Gasteiger partial charge in [-0.25, -0.2) is 13.6 Å². The maximum Gasteiger partial charge on any atom is 0.411 e. The Morgan fingerprint density at radius 1 is 1.33 bits per heavy atom. The minimum atomic E-state index is -1.07. The Balaban J connectivity index is 2.13. The molecular formula is C16H17ClF2N2O3. The van der Waals surface area contributed by atoms with Crippen molar-refractivity contribution in [2.24, 2.45) is 0 Å². The van der Waals surface area contributed by atoms with Crippen LogP contribution in [0, 0.1) is 11.6 Å². The molecule has 0 saturated carbocycles. The van der Waals surface area contributed by atoms with Crippen LogP contribution < -0.4 is 5.32 Å². The molecule has 5 nitrogen and oxygen atoms in total. The Hall–Kier alpha value is -2.15. The van der Waals surface area contributed by atoms with Crippen LogP contribution in [0.4, 0.5) is 19.3 Å². The largest absolute Gasteiger partial charge is 0.444 e. The van der Waals surface area contributed by atoms with E-state index in [2.05, 4.69) is 5.32 Å². The highest BCUT2D eigenvalue weighted by Crippen LogP contribution is 2.26. The molecule has 1 atom stereocenters. The van der Waals surface area contributed by atoms with E-state index in [0.717, 1.165) is 12.1 Å². The average Bonchev–Trinajstić information content (AvgIpc) is 2.96. The first-order chi connectivity index (χ1) is 11.1. The normalized spacial score (nSPS) is 17.1. The van der Waals surface area contributed by atoms with E-state index in [4.69, 9.17) is 16.3 Å². The van der Waals surface area contributed by atoms with Gasteiger partial charge in [-0.2, -0.15) is 0 Å². The summed E-state index contributed by atoms with van der Waals surface area (Å²) in [4.78, 5) is 25.7. The minimum Gasteiger partial charge on any atom is -0.444 e. The van der Waals surface area contributed by atoms with Crippen molar-refractivity contribution in [2.75, 3.05) is 11.9 Å². The van der Waals surface area contributed by atoms with Gasteiger partial charge in [0.1, 0.15) is 22.5 Å². The molecule has 0 aromatic heterocycles. The van der Waals surface area contributed by atoms with Crippen molar-refractivity contribution in [1.29, 1.82) is 0 Å². The Labute approximate surface area is 143 Å². The number of benzene rings is 1. The topological polar surface area (TPSA) is 58.6 Å². The monoisotopic (exact) mass is 358 g/mol. The number of carbonyl (C=O) groups is 2. The molecule has 0 aliphatic carbocycles. The van der Waals surface area contributed by atoms with Gasteiger partial charge in [0, 0.05) is 6.54 Å². The maximum absolute atomic E-state index is 13.9. The number of anilines is 1. The van der Waals surface area contributed by atoms with Crippen LogP contribution in [-0.4, -0.2) is 35.1 Å². The highest BCUT2D eigenvalue weighted by atomic mass is 35.5. The van der Waals surface area contributed by atoms with Crippen LogP contribution in [0.5, 0.6) is 0 Å². The summed E-state index contributed by atoms with van der Waals surface area (Å²) in [6, 6.07) is 1.05. The summed E-state index contributed by atoms with van der Waals surface area (Å²) in [6.45, 7) is 5.32. The lowest BCUT2D eigenvalue weighted by Crippen LogP contribution is -2.45. The minimum absolute atomic E-state index is 0.194. The van der Waals surface area contributed by atoms with Crippen molar-refractivity contribution in [2.45, 2.75) is 32.4 Å². The maximum atomic E-state index is 13.9. The summed E-state index contributed by atoms with van der Waals surface area (Å²) >= 11 is 5.48. The second-order valence-electron chi connectivity index (χ2n) is 6.22. The molecule has 0 saturated heterocycles. The number of amides is 2. The number of hydrogen-bond acceptors (Lipinski definition) is 3. The van der Waals surface area contributed by atoms with Gasteiger partial charge in [-0.15, -0.1) is 0 Å². The van der Waals surface area contributed by atoms with E-state index in [-0.39, 0.29) is 12.2 Å². The third-order valence-electron chi connectivity index (χ3n) is 3.15. The number of rotatable bonds is 2. The number of carbonyl (C=O) groups excluding carboxylic acids is 2. The van der Waals surface area contributed by atoms with Gasteiger partial charge in [0.15, 0.2) is 5.82 Å². The lowest BCUT2D eigenvalue weighted by atomic mass is 10.2. The molecule has 1 N–H and O–H groups in total. The van der Waals surface area contributed by atoms with Crippen molar-refractivity contribution in [3.63, 3.8) is 0 Å². The Morgan fingerprint density at radius 3 is 2.62 bits per heavy atom. The van der Waals surface area contributed by atoms with Gasteiger partial charge >= 0.3 is 6.09 Å². The van der Waals surface area contributed by atoms with Gasteiger partial charge in [0.25, 0.3) is 5.91 Å². The molecular weight excluding hydrogens is 342 g/mol. The molecule has 24 heavy (non-hydrogen) atoms. The highest BCUT2D eigenvalue weighted by molar-refractivity contribution is 6.31. The number of nitrogens with zero attached hydrogens (tertiary/aromatic N) is 1. The molecule has 2 rings (SSSR count). The first-order valence-corrected chi connectivity index (χ1v) is 7.58. The number of hydrogen-bond donors (Lipinski definition) is 1. The molecule has 1 aliphatic rings. The van der Waals surface area contributed by atoms with Crippen LogP contribution in [0.2, 0.25) is 5.02 Å². The predicted molar refractivity (Wildman–Crippen MR) is 85.9 cm³/mol. The summed E-state index contributed by atoms with van der Waals surface area (Å²) in [5, 5.41) is 1.59. The summed E-state index contributed by atoms with van der Waals surface area (Å²) < 4.78 is 32.3. The zero-order valence-electron chi connectivity index (χ0n) is 13.4. The molecule has 0 radical (unpaired) electrons. The van der Waals surface area contributed by atoms with Crippen LogP contribution in [0.1, 0.15) is 20.8 Å². The fraction of sp³-hybridized carbons (Fsp3) is 0.375. The zero-order chi connectivity index (χ0) is 18.1. The van der Waals surface area contributed by atoms with E-state index in [9.17, 15) is 18.4 Å². The fourth-order valence-electron chi connectivity index (χ4n) is 2.09. The van der Waals surface area contributed by atoms with E-state index >= 15 is 0 Å². The third-order valence-corrected chi connectivity index (χ3v) is 3.49. The number of nitrogens with one attached hydrogen (secondary N) is 1. The van der Waals surface area contributed by atoms with Gasteiger partial charge in [0.05, 0.1) is 5.69 Å². The van der Waals surface area contributed by atoms with Gasteiger partial charge in [-0.1, -0.05) is 23.8 Å². The summed E-state index contributed by atoms with van der Waals surface area (Å²) in [7, 11) is 0.